The van der Waals surface area contributed by atoms with Gasteiger partial charge in [-0.05, 0) is 73.2 Å². The molecule has 0 aromatic heterocycles. The van der Waals surface area contributed by atoms with Gasteiger partial charge in [0, 0.05) is 36.0 Å². The lowest BCUT2D eigenvalue weighted by Crippen LogP contribution is -2.26. The topological polar surface area (TPSA) is 59.1 Å². The van der Waals surface area contributed by atoms with E-state index < -0.39 is 0 Å². The molecule has 2 aliphatic heterocycles. The summed E-state index contributed by atoms with van der Waals surface area (Å²) >= 11 is 0. The number of fused-ring (bicyclic) bond motifs is 2. The average molecular weight is 547 g/mol. The lowest BCUT2D eigenvalue weighted by molar-refractivity contribution is 0.0766. The third kappa shape index (κ3) is 5.18. The van der Waals surface area contributed by atoms with Gasteiger partial charge in [0.25, 0.3) is 11.8 Å². The number of carbonyl (C=O) groups is 2. The number of hydrogen-bond donors (Lipinski definition) is 0. The Morgan fingerprint density at radius 2 is 1.61 bits per heavy atom. The zero-order valence-corrected chi connectivity index (χ0v) is 23.7. The molecule has 0 aliphatic carbocycles. The van der Waals surface area contributed by atoms with Gasteiger partial charge in [-0.25, -0.2) is 0 Å². The van der Waals surface area contributed by atoms with E-state index in [9.17, 15) is 9.59 Å². The smallest absolute Gasteiger partial charge is 0.259 e. The molecule has 6 nitrogen and oxygen atoms in total. The molecule has 4 aromatic carbocycles. The van der Waals surface area contributed by atoms with Crippen molar-refractivity contribution in [1.29, 1.82) is 0 Å². The summed E-state index contributed by atoms with van der Waals surface area (Å²) in [5.41, 5.74) is 6.43. The monoisotopic (exact) mass is 546 g/mol. The molecule has 0 N–H and O–H groups in total. The van der Waals surface area contributed by atoms with E-state index in [1.807, 2.05) is 95.6 Å². The highest BCUT2D eigenvalue weighted by Gasteiger charge is 2.36. The first-order chi connectivity index (χ1) is 19.9. The van der Waals surface area contributed by atoms with E-state index >= 15 is 0 Å². The quantitative estimate of drug-likeness (QED) is 0.227. The van der Waals surface area contributed by atoms with Gasteiger partial charge < -0.3 is 19.3 Å². The van der Waals surface area contributed by atoms with Crippen molar-refractivity contribution in [2.75, 3.05) is 12.0 Å². The Morgan fingerprint density at radius 1 is 0.829 bits per heavy atom. The minimum absolute atomic E-state index is 0.0335. The highest BCUT2D eigenvalue weighted by Crippen LogP contribution is 2.41. The number of ether oxygens (including phenoxy) is 2. The molecule has 2 unspecified atom stereocenters. The van der Waals surface area contributed by atoms with Gasteiger partial charge in [0.2, 0.25) is 0 Å². The van der Waals surface area contributed by atoms with Gasteiger partial charge in [0.15, 0.2) is 11.5 Å². The zero-order chi connectivity index (χ0) is 28.5. The van der Waals surface area contributed by atoms with Crippen LogP contribution in [-0.2, 0) is 19.5 Å². The highest BCUT2D eigenvalue weighted by atomic mass is 16.5. The Bertz CT molecular complexity index is 1600. The molecule has 4 aromatic rings. The van der Waals surface area contributed by atoms with Crippen LogP contribution in [0.15, 0.2) is 91.0 Å². The molecule has 2 atom stereocenters. The largest absolute Gasteiger partial charge is 0.493 e. The maximum atomic E-state index is 13.8. The van der Waals surface area contributed by atoms with Gasteiger partial charge in [-0.15, -0.1) is 0 Å². The third-order valence-electron chi connectivity index (χ3n) is 8.11. The number of rotatable bonds is 9. The normalized spacial score (nSPS) is 16.5. The second-order valence-electron chi connectivity index (χ2n) is 10.9. The van der Waals surface area contributed by atoms with Crippen LogP contribution in [-0.4, -0.2) is 29.9 Å². The Kier molecular flexibility index (Phi) is 7.23. The molecule has 0 radical (unpaired) electrons. The molecule has 208 valence electrons. The van der Waals surface area contributed by atoms with Gasteiger partial charge in [0.05, 0.1) is 19.3 Å². The summed E-state index contributed by atoms with van der Waals surface area (Å²) in [6, 6.07) is 29.6. The van der Waals surface area contributed by atoms with Crippen molar-refractivity contribution >= 4 is 17.5 Å². The predicted octanol–water partition coefficient (Wildman–Crippen LogP) is 6.97. The van der Waals surface area contributed by atoms with Gasteiger partial charge in [0.1, 0.15) is 0 Å². The molecule has 2 aliphatic rings. The molecule has 0 saturated carbocycles. The number of methoxy groups -OCH3 is 1. The van der Waals surface area contributed by atoms with Crippen molar-refractivity contribution in [3.63, 3.8) is 0 Å². The lowest BCUT2D eigenvalue weighted by Gasteiger charge is -2.24. The summed E-state index contributed by atoms with van der Waals surface area (Å²) in [7, 11) is 1.63. The number of benzene rings is 4. The Morgan fingerprint density at radius 3 is 2.39 bits per heavy atom. The minimum atomic E-state index is -0.138. The average Bonchev–Trinajstić information content (AvgIpc) is 3.44. The van der Waals surface area contributed by atoms with E-state index in [-0.39, 0.29) is 24.0 Å². The van der Waals surface area contributed by atoms with E-state index in [1.54, 1.807) is 7.11 Å². The fourth-order valence-corrected chi connectivity index (χ4v) is 5.90. The van der Waals surface area contributed by atoms with Crippen LogP contribution in [0.1, 0.15) is 69.3 Å². The van der Waals surface area contributed by atoms with Crippen molar-refractivity contribution in [3.8, 4) is 11.5 Å². The van der Waals surface area contributed by atoms with E-state index in [0.717, 1.165) is 40.8 Å². The molecular weight excluding hydrogens is 512 g/mol. The van der Waals surface area contributed by atoms with Crippen molar-refractivity contribution in [2.24, 2.45) is 0 Å². The summed E-state index contributed by atoms with van der Waals surface area (Å²) in [5, 5.41) is 0. The molecule has 0 bridgehead atoms. The van der Waals surface area contributed by atoms with Gasteiger partial charge in [-0.1, -0.05) is 60.7 Å². The number of amides is 2. The fraction of sp³-hybridized carbons (Fsp3) is 0.257. The highest BCUT2D eigenvalue weighted by molar-refractivity contribution is 6.11. The maximum Gasteiger partial charge on any atom is 0.259 e. The van der Waals surface area contributed by atoms with E-state index in [0.29, 0.717) is 30.2 Å². The standard InChI is InChI=1S/C35H34N2O4/c1-23(13-14-25-9-5-4-6-10-25)41-33-20-28(16-18-32(33)40-3)37-24(2)29-17-15-26(19-31(29)35(37)39)21-36-22-27-11-7-8-12-30(27)34(36)38/h4-12,15-20,23-24H,13-14,21-22H2,1-3H3. The van der Waals surface area contributed by atoms with Crippen molar-refractivity contribution in [2.45, 2.75) is 51.9 Å². The van der Waals surface area contributed by atoms with Crippen LogP contribution in [0.4, 0.5) is 5.69 Å². The Balaban J connectivity index is 1.19. The number of aryl methyl sites for hydroxylation is 1. The SMILES string of the molecule is COc1ccc(N2C(=O)c3cc(CN4Cc5ccccc5C4=O)ccc3C2C)cc1OC(C)CCc1ccccc1. The maximum absolute atomic E-state index is 13.8. The molecule has 2 amide bonds. The van der Waals surface area contributed by atoms with E-state index in [1.165, 1.54) is 5.56 Å². The predicted molar refractivity (Wildman–Crippen MR) is 160 cm³/mol. The van der Waals surface area contributed by atoms with Crippen LogP contribution in [0.2, 0.25) is 0 Å². The second-order valence-corrected chi connectivity index (χ2v) is 10.9. The molecule has 2 heterocycles. The summed E-state index contributed by atoms with van der Waals surface area (Å²) in [4.78, 5) is 30.3. The van der Waals surface area contributed by atoms with Crippen LogP contribution in [0.25, 0.3) is 0 Å². The van der Waals surface area contributed by atoms with Gasteiger partial charge in [-0.3, -0.25) is 9.59 Å². The Hall–Kier alpha value is -4.58. The van der Waals surface area contributed by atoms with Crippen LogP contribution < -0.4 is 14.4 Å². The summed E-state index contributed by atoms with van der Waals surface area (Å²) < 4.78 is 11.9. The summed E-state index contributed by atoms with van der Waals surface area (Å²) in [6.07, 6.45) is 1.73. The van der Waals surface area contributed by atoms with Crippen molar-refractivity contribution < 1.29 is 19.1 Å². The first-order valence-corrected chi connectivity index (χ1v) is 14.1. The number of hydrogen-bond acceptors (Lipinski definition) is 4. The van der Waals surface area contributed by atoms with E-state index in [4.69, 9.17) is 9.47 Å². The number of nitrogens with zero attached hydrogens (tertiary/aromatic N) is 2. The van der Waals surface area contributed by atoms with Crippen LogP contribution in [0, 0.1) is 0 Å². The molecule has 0 spiro atoms. The van der Waals surface area contributed by atoms with Crippen molar-refractivity contribution in [1.82, 2.24) is 4.90 Å². The molecular formula is C35H34N2O4. The fourth-order valence-electron chi connectivity index (χ4n) is 5.90. The van der Waals surface area contributed by atoms with E-state index in [2.05, 4.69) is 19.1 Å². The summed E-state index contributed by atoms with van der Waals surface area (Å²) in [5.74, 6) is 1.23. The second kappa shape index (κ2) is 11.1. The van der Waals surface area contributed by atoms with Crippen LogP contribution in [0.3, 0.4) is 0 Å². The number of carbonyl (C=O) groups excluding carboxylic acids is 2. The third-order valence-corrected chi connectivity index (χ3v) is 8.11. The van der Waals surface area contributed by atoms with Gasteiger partial charge in [-0.2, -0.15) is 0 Å². The molecule has 0 saturated heterocycles. The lowest BCUT2D eigenvalue weighted by atomic mass is 10.0. The molecule has 6 heteroatoms. The molecule has 0 fully saturated rings. The van der Waals surface area contributed by atoms with Crippen LogP contribution in [0.5, 0.6) is 11.5 Å². The Labute approximate surface area is 241 Å². The van der Waals surface area contributed by atoms with Crippen molar-refractivity contribution in [3.05, 3.63) is 124 Å². The number of anilines is 1. The van der Waals surface area contributed by atoms with Crippen LogP contribution >= 0.6 is 0 Å². The summed E-state index contributed by atoms with van der Waals surface area (Å²) in [6.45, 7) is 5.14. The minimum Gasteiger partial charge on any atom is -0.493 e. The molecule has 6 rings (SSSR count). The molecule has 41 heavy (non-hydrogen) atoms. The first-order valence-electron chi connectivity index (χ1n) is 14.1. The van der Waals surface area contributed by atoms with Gasteiger partial charge >= 0.3 is 0 Å². The first kappa shape index (κ1) is 26.6. The zero-order valence-electron chi connectivity index (χ0n) is 23.7.